The quantitative estimate of drug-likeness (QED) is 0.129. The van der Waals surface area contributed by atoms with Gasteiger partial charge in [0, 0.05) is 56.3 Å². The molecular formula is C46H52N6O4. The van der Waals surface area contributed by atoms with Crippen LogP contribution < -0.4 is 10.2 Å². The van der Waals surface area contributed by atoms with E-state index in [1.54, 1.807) is 4.90 Å². The maximum Gasteiger partial charge on any atom is 0.410 e. The molecule has 290 valence electrons. The molecule has 2 amide bonds. The van der Waals surface area contributed by atoms with Crippen LogP contribution in [0.5, 0.6) is 0 Å². The van der Waals surface area contributed by atoms with Crippen LogP contribution in [-0.2, 0) is 27.5 Å². The van der Waals surface area contributed by atoms with Gasteiger partial charge in [0.1, 0.15) is 12.4 Å². The SMILES string of the molecule is Cc1nn2c(N3CCN(C(=O)OCc4ccccc4)CC3)cc(-c3cccc(COCCNC(=O)CC45CC6CC(CC(C6)C4)C5)c3)nc2c1-c1ccccc1. The molecule has 1 saturated heterocycles. The molecular weight excluding hydrogens is 701 g/mol. The fourth-order valence-electron chi connectivity index (χ4n) is 10.5. The maximum absolute atomic E-state index is 13.0. The fourth-order valence-corrected chi connectivity index (χ4v) is 10.5. The third-order valence-electron chi connectivity index (χ3n) is 12.6. The summed E-state index contributed by atoms with van der Waals surface area (Å²) in [4.78, 5) is 35.3. The number of ether oxygens (including phenoxy) is 2. The second-order valence-electron chi connectivity index (χ2n) is 16.8. The Bertz CT molecular complexity index is 2140. The van der Waals surface area contributed by atoms with Crippen LogP contribution in [0.3, 0.4) is 0 Å². The highest BCUT2D eigenvalue weighted by molar-refractivity contribution is 5.83. The first-order chi connectivity index (χ1) is 27.4. The summed E-state index contributed by atoms with van der Waals surface area (Å²) in [5, 5.41) is 8.18. The Labute approximate surface area is 329 Å². The van der Waals surface area contributed by atoms with Gasteiger partial charge in [0.15, 0.2) is 5.65 Å². The molecule has 10 rings (SSSR count). The highest BCUT2D eigenvalue weighted by atomic mass is 16.6. The first kappa shape index (κ1) is 36.4. The molecule has 0 atom stereocenters. The predicted molar refractivity (Wildman–Crippen MR) is 217 cm³/mol. The van der Waals surface area contributed by atoms with Gasteiger partial charge in [0.25, 0.3) is 0 Å². The molecule has 4 bridgehead atoms. The van der Waals surface area contributed by atoms with Crippen molar-refractivity contribution in [3.63, 3.8) is 0 Å². The van der Waals surface area contributed by atoms with Crippen molar-refractivity contribution in [1.29, 1.82) is 0 Å². The van der Waals surface area contributed by atoms with Crippen molar-refractivity contribution in [3.05, 3.63) is 108 Å². The number of amides is 2. The Balaban J connectivity index is 0.872. The molecule has 1 N–H and O–H groups in total. The Morgan fingerprint density at radius 2 is 1.45 bits per heavy atom. The number of anilines is 1. The lowest BCUT2D eigenvalue weighted by Crippen LogP contribution is -2.49. The number of hydrogen-bond acceptors (Lipinski definition) is 7. The topological polar surface area (TPSA) is 101 Å². The van der Waals surface area contributed by atoms with E-state index in [0.29, 0.717) is 52.4 Å². The lowest BCUT2D eigenvalue weighted by molar-refractivity contribution is -0.129. The van der Waals surface area contributed by atoms with E-state index in [2.05, 4.69) is 46.6 Å². The highest BCUT2D eigenvalue weighted by Crippen LogP contribution is 2.61. The van der Waals surface area contributed by atoms with Gasteiger partial charge in [-0.2, -0.15) is 9.61 Å². The number of nitrogens with one attached hydrogen (secondary N) is 1. The molecule has 10 nitrogen and oxygen atoms in total. The van der Waals surface area contributed by atoms with Gasteiger partial charge in [0.2, 0.25) is 5.91 Å². The van der Waals surface area contributed by atoms with Crippen LogP contribution in [0.4, 0.5) is 10.6 Å². The average Bonchev–Trinajstić information content (AvgIpc) is 3.55. The van der Waals surface area contributed by atoms with Crippen molar-refractivity contribution in [1.82, 2.24) is 24.8 Å². The van der Waals surface area contributed by atoms with Gasteiger partial charge < -0.3 is 24.6 Å². The molecule has 5 aromatic rings. The molecule has 0 radical (unpaired) electrons. The minimum Gasteiger partial charge on any atom is -0.445 e. The Morgan fingerprint density at radius 3 is 2.16 bits per heavy atom. The van der Waals surface area contributed by atoms with E-state index in [9.17, 15) is 9.59 Å². The lowest BCUT2D eigenvalue weighted by Gasteiger charge is -2.56. The van der Waals surface area contributed by atoms with E-state index in [1.807, 2.05) is 66.0 Å². The number of aryl methyl sites for hydroxylation is 1. The van der Waals surface area contributed by atoms with E-state index >= 15 is 0 Å². The molecule has 56 heavy (non-hydrogen) atoms. The van der Waals surface area contributed by atoms with Crippen LogP contribution in [0, 0.1) is 30.1 Å². The average molecular weight is 753 g/mol. The van der Waals surface area contributed by atoms with Crippen molar-refractivity contribution >= 4 is 23.5 Å². The van der Waals surface area contributed by atoms with Gasteiger partial charge in [-0.25, -0.2) is 9.78 Å². The second-order valence-corrected chi connectivity index (χ2v) is 16.8. The third kappa shape index (κ3) is 7.76. The Hall–Kier alpha value is -5.22. The molecule has 10 heteroatoms. The summed E-state index contributed by atoms with van der Waals surface area (Å²) in [6, 6.07) is 30.5. The minimum absolute atomic E-state index is 0.184. The zero-order chi connectivity index (χ0) is 38.1. The number of benzene rings is 3. The molecule has 3 aromatic carbocycles. The lowest BCUT2D eigenvalue weighted by atomic mass is 9.49. The predicted octanol–water partition coefficient (Wildman–Crippen LogP) is 8.07. The third-order valence-corrected chi connectivity index (χ3v) is 12.6. The van der Waals surface area contributed by atoms with E-state index in [4.69, 9.17) is 19.6 Å². The number of aromatic nitrogens is 3. The van der Waals surface area contributed by atoms with Crippen LogP contribution in [-0.4, -0.2) is 70.8 Å². The van der Waals surface area contributed by atoms with Crippen LogP contribution in [0.25, 0.3) is 28.0 Å². The molecule has 5 aliphatic rings. The normalized spacial score (nSPS) is 22.8. The highest BCUT2D eigenvalue weighted by Gasteiger charge is 2.51. The van der Waals surface area contributed by atoms with E-state index in [1.165, 1.54) is 38.5 Å². The number of carbonyl (C=O) groups excluding carboxylic acids is 2. The van der Waals surface area contributed by atoms with Crippen molar-refractivity contribution in [2.75, 3.05) is 44.2 Å². The number of hydrogen-bond donors (Lipinski definition) is 1. The van der Waals surface area contributed by atoms with Crippen LogP contribution >= 0.6 is 0 Å². The molecule has 4 saturated carbocycles. The second kappa shape index (κ2) is 15.7. The minimum atomic E-state index is -0.297. The summed E-state index contributed by atoms with van der Waals surface area (Å²) in [5.74, 6) is 3.67. The standard InChI is InChI=1S/C46H52N6O4/c1-32-43(38-12-6-3-7-13-38)44-48-40(25-42(52(44)49-32)50-16-18-51(19-17-50)45(54)56-31-33-9-4-2-5-10-33)39-14-8-11-34(24-39)30-55-20-15-47-41(53)29-46-26-35-21-36(27-46)23-37(22-35)28-46/h2-14,24-25,35-37H,15-23,26-31H2,1H3,(H,47,53). The number of nitrogens with zero attached hydrogens (tertiary/aromatic N) is 5. The molecule has 3 heterocycles. The van der Waals surface area contributed by atoms with Crippen LogP contribution in [0.15, 0.2) is 91.0 Å². The van der Waals surface area contributed by atoms with Crippen molar-refractivity contribution in [2.45, 2.75) is 65.1 Å². The number of fused-ring (bicyclic) bond motifs is 1. The Kier molecular flexibility index (Phi) is 10.2. The van der Waals surface area contributed by atoms with Crippen molar-refractivity contribution < 1.29 is 19.1 Å². The maximum atomic E-state index is 13.0. The monoisotopic (exact) mass is 752 g/mol. The van der Waals surface area contributed by atoms with E-state index in [0.717, 1.165) is 68.4 Å². The molecule has 1 aliphatic heterocycles. The largest absolute Gasteiger partial charge is 0.445 e. The number of rotatable bonds is 12. The molecule has 0 spiro atoms. The summed E-state index contributed by atoms with van der Waals surface area (Å²) in [6.45, 7) is 6.05. The van der Waals surface area contributed by atoms with Crippen molar-refractivity contribution in [3.8, 4) is 22.4 Å². The molecule has 0 unspecified atom stereocenters. The zero-order valence-corrected chi connectivity index (χ0v) is 32.4. The summed E-state index contributed by atoms with van der Waals surface area (Å²) in [7, 11) is 0. The van der Waals surface area contributed by atoms with Gasteiger partial charge in [0.05, 0.1) is 24.6 Å². The van der Waals surface area contributed by atoms with Gasteiger partial charge in [-0.15, -0.1) is 0 Å². The van der Waals surface area contributed by atoms with Crippen LogP contribution in [0.1, 0.15) is 61.8 Å². The molecule has 4 aliphatic carbocycles. The van der Waals surface area contributed by atoms with Crippen molar-refractivity contribution in [2.24, 2.45) is 23.2 Å². The Morgan fingerprint density at radius 1 is 0.786 bits per heavy atom. The van der Waals surface area contributed by atoms with Gasteiger partial charge in [-0.05, 0) is 91.4 Å². The summed E-state index contributed by atoms with van der Waals surface area (Å²) in [6.07, 6.45) is 8.32. The van der Waals surface area contributed by atoms with Gasteiger partial charge in [-0.1, -0.05) is 78.9 Å². The smallest absolute Gasteiger partial charge is 0.410 e. The fraction of sp³-hybridized carbons (Fsp3) is 0.435. The first-order valence-corrected chi connectivity index (χ1v) is 20.5. The van der Waals surface area contributed by atoms with Crippen LogP contribution in [0.2, 0.25) is 0 Å². The first-order valence-electron chi connectivity index (χ1n) is 20.5. The van der Waals surface area contributed by atoms with Gasteiger partial charge in [-0.3, -0.25) is 4.79 Å². The summed E-state index contributed by atoms with van der Waals surface area (Å²) in [5.41, 5.74) is 7.84. The number of carbonyl (C=O) groups is 2. The number of piperazine rings is 1. The summed E-state index contributed by atoms with van der Waals surface area (Å²) < 4.78 is 13.7. The molecule has 5 fully saturated rings. The van der Waals surface area contributed by atoms with Gasteiger partial charge >= 0.3 is 6.09 Å². The zero-order valence-electron chi connectivity index (χ0n) is 32.4. The molecule has 2 aromatic heterocycles. The van der Waals surface area contributed by atoms with E-state index < -0.39 is 0 Å². The summed E-state index contributed by atoms with van der Waals surface area (Å²) >= 11 is 0. The van der Waals surface area contributed by atoms with E-state index in [-0.39, 0.29) is 24.0 Å².